The number of anilines is 1. The Morgan fingerprint density at radius 3 is 2.75 bits per heavy atom. The zero-order chi connectivity index (χ0) is 11.4. The predicted octanol–water partition coefficient (Wildman–Crippen LogP) is 2.11. The molecule has 84 valence electrons. The number of nitrogens with one attached hydrogen (secondary N) is 2. The van der Waals surface area contributed by atoms with E-state index in [0.29, 0.717) is 17.6 Å². The van der Waals surface area contributed by atoms with Crippen LogP contribution in [-0.4, -0.2) is 18.6 Å². The Morgan fingerprint density at radius 2 is 2.12 bits per heavy atom. The van der Waals surface area contributed by atoms with E-state index >= 15 is 0 Å². The smallest absolute Gasteiger partial charge is 0.0991 e. The number of benzene rings is 1. The van der Waals surface area contributed by atoms with Gasteiger partial charge in [0.15, 0.2) is 0 Å². The van der Waals surface area contributed by atoms with E-state index in [2.05, 4.69) is 23.6 Å². The average molecular weight is 215 g/mol. The highest BCUT2D eigenvalue weighted by atomic mass is 15.0. The summed E-state index contributed by atoms with van der Waals surface area (Å²) in [6.07, 6.45) is 2.42. The van der Waals surface area contributed by atoms with Crippen molar-refractivity contribution >= 4 is 5.69 Å². The fourth-order valence-electron chi connectivity index (χ4n) is 2.10. The minimum atomic E-state index is 0.488. The third-order valence-electron chi connectivity index (χ3n) is 3.13. The molecule has 1 aliphatic rings. The topological polar surface area (TPSA) is 47.8 Å². The van der Waals surface area contributed by atoms with Crippen molar-refractivity contribution in [3.63, 3.8) is 0 Å². The normalized spacial score (nSPS) is 24.8. The lowest BCUT2D eigenvalue weighted by Crippen LogP contribution is -2.46. The molecule has 0 aliphatic carbocycles. The summed E-state index contributed by atoms with van der Waals surface area (Å²) >= 11 is 0. The van der Waals surface area contributed by atoms with E-state index in [1.165, 1.54) is 12.8 Å². The zero-order valence-electron chi connectivity index (χ0n) is 9.53. The molecule has 2 N–H and O–H groups in total. The van der Waals surface area contributed by atoms with Crippen LogP contribution in [0.5, 0.6) is 0 Å². The molecule has 0 bridgehead atoms. The molecule has 0 aromatic heterocycles. The maximum Gasteiger partial charge on any atom is 0.0991 e. The van der Waals surface area contributed by atoms with Crippen molar-refractivity contribution < 1.29 is 0 Å². The average Bonchev–Trinajstić information content (AvgIpc) is 2.33. The fraction of sp³-hybridized carbons (Fsp3) is 0.462. The monoisotopic (exact) mass is 215 g/mol. The van der Waals surface area contributed by atoms with E-state index in [0.717, 1.165) is 12.2 Å². The van der Waals surface area contributed by atoms with Crippen molar-refractivity contribution in [1.29, 1.82) is 5.26 Å². The van der Waals surface area contributed by atoms with E-state index in [9.17, 15) is 0 Å². The Morgan fingerprint density at radius 1 is 1.38 bits per heavy atom. The van der Waals surface area contributed by atoms with Gasteiger partial charge in [-0.05, 0) is 50.6 Å². The molecule has 2 rings (SSSR count). The van der Waals surface area contributed by atoms with Crippen LogP contribution in [0.25, 0.3) is 0 Å². The fourth-order valence-corrected chi connectivity index (χ4v) is 2.10. The molecule has 1 aromatic carbocycles. The van der Waals surface area contributed by atoms with Gasteiger partial charge in [0.2, 0.25) is 0 Å². The Kier molecular flexibility index (Phi) is 3.43. The summed E-state index contributed by atoms with van der Waals surface area (Å²) in [5.74, 6) is 0. The summed E-state index contributed by atoms with van der Waals surface area (Å²) in [6, 6.07) is 10.8. The second-order valence-corrected chi connectivity index (χ2v) is 4.33. The number of rotatable bonds is 2. The van der Waals surface area contributed by atoms with Crippen LogP contribution in [0.1, 0.15) is 25.3 Å². The number of nitrogens with zero attached hydrogens (tertiary/aromatic N) is 1. The number of hydrogen-bond donors (Lipinski definition) is 2. The van der Waals surface area contributed by atoms with Crippen molar-refractivity contribution in [1.82, 2.24) is 5.32 Å². The van der Waals surface area contributed by atoms with Crippen molar-refractivity contribution in [3.8, 4) is 6.07 Å². The molecular formula is C13H17N3. The number of hydrogen-bond acceptors (Lipinski definition) is 3. The molecule has 1 saturated heterocycles. The second kappa shape index (κ2) is 5.00. The van der Waals surface area contributed by atoms with Gasteiger partial charge in [0, 0.05) is 17.8 Å². The van der Waals surface area contributed by atoms with Crippen LogP contribution in [0.4, 0.5) is 5.69 Å². The van der Waals surface area contributed by atoms with E-state index in [4.69, 9.17) is 5.26 Å². The molecule has 0 radical (unpaired) electrons. The van der Waals surface area contributed by atoms with Gasteiger partial charge in [-0.25, -0.2) is 0 Å². The van der Waals surface area contributed by atoms with Crippen LogP contribution in [0, 0.1) is 11.3 Å². The molecule has 1 aromatic rings. The van der Waals surface area contributed by atoms with Crippen LogP contribution < -0.4 is 10.6 Å². The summed E-state index contributed by atoms with van der Waals surface area (Å²) in [7, 11) is 0. The minimum absolute atomic E-state index is 0.488. The SMILES string of the molecule is CC1NCCCC1Nc1ccc(C#N)cc1. The summed E-state index contributed by atoms with van der Waals surface area (Å²) in [5.41, 5.74) is 1.81. The third-order valence-corrected chi connectivity index (χ3v) is 3.13. The summed E-state index contributed by atoms with van der Waals surface area (Å²) < 4.78 is 0. The van der Waals surface area contributed by atoms with Gasteiger partial charge >= 0.3 is 0 Å². The van der Waals surface area contributed by atoms with Gasteiger partial charge in [0.1, 0.15) is 0 Å². The molecule has 1 heterocycles. The molecule has 16 heavy (non-hydrogen) atoms. The van der Waals surface area contributed by atoms with Crippen LogP contribution >= 0.6 is 0 Å². The van der Waals surface area contributed by atoms with Crippen LogP contribution in [0.3, 0.4) is 0 Å². The Balaban J connectivity index is 2.00. The first-order valence-electron chi connectivity index (χ1n) is 5.79. The van der Waals surface area contributed by atoms with Gasteiger partial charge in [-0.2, -0.15) is 5.26 Å². The van der Waals surface area contributed by atoms with E-state index < -0.39 is 0 Å². The first-order chi connectivity index (χ1) is 7.79. The van der Waals surface area contributed by atoms with E-state index in [1.54, 1.807) is 0 Å². The highest BCUT2D eigenvalue weighted by Crippen LogP contribution is 2.16. The molecule has 0 spiro atoms. The molecule has 0 amide bonds. The first kappa shape index (κ1) is 11.0. The van der Waals surface area contributed by atoms with Crippen LogP contribution in [0.2, 0.25) is 0 Å². The van der Waals surface area contributed by atoms with Gasteiger partial charge in [0.05, 0.1) is 11.6 Å². The lowest BCUT2D eigenvalue weighted by atomic mass is 9.99. The Labute approximate surface area is 96.5 Å². The van der Waals surface area contributed by atoms with E-state index in [-0.39, 0.29) is 0 Å². The standard InChI is InChI=1S/C13H17N3/c1-10-13(3-2-8-15-10)16-12-6-4-11(9-14)5-7-12/h4-7,10,13,15-16H,2-3,8H2,1H3. The highest BCUT2D eigenvalue weighted by molar-refractivity contribution is 5.48. The number of nitriles is 1. The summed E-state index contributed by atoms with van der Waals surface area (Å²) in [4.78, 5) is 0. The first-order valence-corrected chi connectivity index (χ1v) is 5.79. The highest BCUT2D eigenvalue weighted by Gasteiger charge is 2.19. The van der Waals surface area contributed by atoms with Crippen LogP contribution in [0.15, 0.2) is 24.3 Å². The van der Waals surface area contributed by atoms with Gasteiger partial charge in [0.25, 0.3) is 0 Å². The largest absolute Gasteiger partial charge is 0.381 e. The van der Waals surface area contributed by atoms with Crippen molar-refractivity contribution in [2.45, 2.75) is 31.8 Å². The molecule has 2 unspecified atom stereocenters. The molecular weight excluding hydrogens is 198 g/mol. The lowest BCUT2D eigenvalue weighted by Gasteiger charge is -2.31. The van der Waals surface area contributed by atoms with Gasteiger partial charge < -0.3 is 10.6 Å². The second-order valence-electron chi connectivity index (χ2n) is 4.33. The van der Waals surface area contributed by atoms with Gasteiger partial charge in [-0.3, -0.25) is 0 Å². The summed E-state index contributed by atoms with van der Waals surface area (Å²) in [5, 5.41) is 15.7. The van der Waals surface area contributed by atoms with Crippen molar-refractivity contribution in [3.05, 3.63) is 29.8 Å². The quantitative estimate of drug-likeness (QED) is 0.794. The maximum absolute atomic E-state index is 8.71. The molecule has 1 fully saturated rings. The number of piperidine rings is 1. The Bertz CT molecular complexity index is 377. The third kappa shape index (κ3) is 2.53. The molecule has 1 aliphatic heterocycles. The van der Waals surface area contributed by atoms with Gasteiger partial charge in [-0.1, -0.05) is 0 Å². The molecule has 0 saturated carbocycles. The van der Waals surface area contributed by atoms with Crippen molar-refractivity contribution in [2.24, 2.45) is 0 Å². The summed E-state index contributed by atoms with van der Waals surface area (Å²) in [6.45, 7) is 3.33. The maximum atomic E-state index is 8.71. The molecule has 3 nitrogen and oxygen atoms in total. The Hall–Kier alpha value is -1.53. The lowest BCUT2D eigenvalue weighted by molar-refractivity contribution is 0.389. The van der Waals surface area contributed by atoms with E-state index in [1.807, 2.05) is 24.3 Å². The molecule has 2 atom stereocenters. The van der Waals surface area contributed by atoms with Crippen molar-refractivity contribution in [2.75, 3.05) is 11.9 Å². The van der Waals surface area contributed by atoms with Gasteiger partial charge in [-0.15, -0.1) is 0 Å². The predicted molar refractivity (Wildman–Crippen MR) is 65.3 cm³/mol. The van der Waals surface area contributed by atoms with Crippen LogP contribution in [-0.2, 0) is 0 Å². The molecule has 3 heteroatoms. The zero-order valence-corrected chi connectivity index (χ0v) is 9.53. The minimum Gasteiger partial charge on any atom is -0.381 e.